The Morgan fingerprint density at radius 2 is 1.79 bits per heavy atom. The SMILES string of the molecule is CC(O)C(C)(C)NC(=O)C1CCC2CCCCC2C1. The van der Waals surface area contributed by atoms with Gasteiger partial charge in [0.15, 0.2) is 0 Å². The summed E-state index contributed by atoms with van der Waals surface area (Å²) < 4.78 is 0. The molecular formula is C16H29NO2. The maximum absolute atomic E-state index is 12.4. The summed E-state index contributed by atoms with van der Waals surface area (Å²) in [4.78, 5) is 12.4. The van der Waals surface area contributed by atoms with Crippen molar-refractivity contribution in [3.05, 3.63) is 0 Å². The summed E-state index contributed by atoms with van der Waals surface area (Å²) in [5.41, 5.74) is -0.527. The van der Waals surface area contributed by atoms with Crippen molar-refractivity contribution in [1.82, 2.24) is 5.32 Å². The Bertz CT molecular complexity index is 325. The molecule has 4 unspecified atom stereocenters. The molecule has 0 aliphatic heterocycles. The molecule has 110 valence electrons. The van der Waals surface area contributed by atoms with Crippen molar-refractivity contribution in [2.45, 2.75) is 77.4 Å². The van der Waals surface area contributed by atoms with Gasteiger partial charge in [0.05, 0.1) is 11.6 Å². The Morgan fingerprint density at radius 1 is 1.16 bits per heavy atom. The summed E-state index contributed by atoms with van der Waals surface area (Å²) in [7, 11) is 0. The third-order valence-electron chi connectivity index (χ3n) is 5.40. The van der Waals surface area contributed by atoms with Gasteiger partial charge in [-0.05, 0) is 51.9 Å². The minimum absolute atomic E-state index is 0.148. The van der Waals surface area contributed by atoms with Gasteiger partial charge in [-0.1, -0.05) is 25.7 Å². The maximum Gasteiger partial charge on any atom is 0.223 e. The number of nitrogens with one attached hydrogen (secondary N) is 1. The third kappa shape index (κ3) is 3.50. The predicted octanol–water partition coefficient (Wildman–Crippen LogP) is 2.87. The fourth-order valence-electron chi connectivity index (χ4n) is 3.64. The maximum atomic E-state index is 12.4. The van der Waals surface area contributed by atoms with Crippen LogP contribution in [-0.2, 0) is 4.79 Å². The molecule has 0 heterocycles. The average molecular weight is 267 g/mol. The highest BCUT2D eigenvalue weighted by molar-refractivity contribution is 5.79. The number of amides is 1. The number of rotatable bonds is 3. The Kier molecular flexibility index (Phi) is 4.54. The van der Waals surface area contributed by atoms with Crippen LogP contribution in [0.25, 0.3) is 0 Å². The van der Waals surface area contributed by atoms with Gasteiger partial charge in [0.2, 0.25) is 5.91 Å². The molecule has 2 rings (SSSR count). The molecule has 2 N–H and O–H groups in total. The molecular weight excluding hydrogens is 238 g/mol. The molecule has 0 spiro atoms. The smallest absolute Gasteiger partial charge is 0.223 e. The highest BCUT2D eigenvalue weighted by atomic mass is 16.3. The van der Waals surface area contributed by atoms with Gasteiger partial charge in [0.25, 0.3) is 0 Å². The zero-order valence-corrected chi connectivity index (χ0v) is 12.6. The zero-order valence-electron chi connectivity index (χ0n) is 12.6. The Balaban J connectivity index is 1.90. The second-order valence-corrected chi connectivity index (χ2v) is 7.20. The van der Waals surface area contributed by atoms with E-state index in [0.29, 0.717) is 0 Å². The van der Waals surface area contributed by atoms with Gasteiger partial charge in [0, 0.05) is 5.92 Å². The minimum atomic E-state index is -0.527. The lowest BCUT2D eigenvalue weighted by Crippen LogP contribution is -2.53. The molecule has 0 bridgehead atoms. The highest BCUT2D eigenvalue weighted by Crippen LogP contribution is 2.42. The van der Waals surface area contributed by atoms with E-state index in [4.69, 9.17) is 0 Å². The number of aliphatic hydroxyl groups is 1. The first-order valence-electron chi connectivity index (χ1n) is 7.90. The van der Waals surface area contributed by atoms with Crippen LogP contribution in [0.4, 0.5) is 0 Å². The summed E-state index contributed by atoms with van der Waals surface area (Å²) in [5, 5.41) is 12.7. The van der Waals surface area contributed by atoms with E-state index < -0.39 is 11.6 Å². The average Bonchev–Trinajstić information content (AvgIpc) is 2.37. The predicted molar refractivity (Wildman–Crippen MR) is 76.7 cm³/mol. The first kappa shape index (κ1) is 14.8. The standard InChI is InChI=1S/C16H29NO2/c1-11(18)16(2,3)17-15(19)14-9-8-12-6-4-5-7-13(12)10-14/h11-14,18H,4-10H2,1-3H3,(H,17,19). The van der Waals surface area contributed by atoms with Crippen molar-refractivity contribution in [1.29, 1.82) is 0 Å². The normalized spacial score (nSPS) is 33.4. The summed E-state index contributed by atoms with van der Waals surface area (Å²) in [6.07, 6.45) is 8.20. The van der Waals surface area contributed by atoms with E-state index in [-0.39, 0.29) is 11.8 Å². The van der Waals surface area contributed by atoms with Crippen molar-refractivity contribution in [3.63, 3.8) is 0 Å². The molecule has 0 aromatic heterocycles. The number of fused-ring (bicyclic) bond motifs is 1. The van der Waals surface area contributed by atoms with Crippen LogP contribution in [0.5, 0.6) is 0 Å². The molecule has 0 aromatic carbocycles. The van der Waals surface area contributed by atoms with Gasteiger partial charge in [-0.3, -0.25) is 4.79 Å². The topological polar surface area (TPSA) is 49.3 Å². The van der Waals surface area contributed by atoms with Gasteiger partial charge in [-0.25, -0.2) is 0 Å². The van der Waals surface area contributed by atoms with Crippen molar-refractivity contribution in [3.8, 4) is 0 Å². The Morgan fingerprint density at radius 3 is 2.42 bits per heavy atom. The van der Waals surface area contributed by atoms with E-state index in [9.17, 15) is 9.90 Å². The van der Waals surface area contributed by atoms with Crippen LogP contribution in [0.2, 0.25) is 0 Å². The second-order valence-electron chi connectivity index (χ2n) is 7.20. The van der Waals surface area contributed by atoms with E-state index in [1.807, 2.05) is 13.8 Å². The summed E-state index contributed by atoms with van der Waals surface area (Å²) in [6.45, 7) is 5.52. The lowest BCUT2D eigenvalue weighted by Gasteiger charge is -2.40. The molecule has 3 heteroatoms. The molecule has 2 aliphatic carbocycles. The first-order chi connectivity index (χ1) is 8.90. The second kappa shape index (κ2) is 5.82. The number of aliphatic hydroxyl groups excluding tert-OH is 1. The fraction of sp³-hybridized carbons (Fsp3) is 0.938. The van der Waals surface area contributed by atoms with Crippen LogP contribution in [0, 0.1) is 17.8 Å². The van der Waals surface area contributed by atoms with Crippen LogP contribution < -0.4 is 5.32 Å². The van der Waals surface area contributed by atoms with Gasteiger partial charge < -0.3 is 10.4 Å². The lowest BCUT2D eigenvalue weighted by atomic mass is 9.67. The molecule has 4 atom stereocenters. The molecule has 3 nitrogen and oxygen atoms in total. The van der Waals surface area contributed by atoms with E-state index in [1.165, 1.54) is 32.1 Å². The van der Waals surface area contributed by atoms with E-state index in [2.05, 4.69) is 5.32 Å². The van der Waals surface area contributed by atoms with Gasteiger partial charge in [-0.2, -0.15) is 0 Å². The lowest BCUT2D eigenvalue weighted by molar-refractivity contribution is -0.130. The van der Waals surface area contributed by atoms with E-state index >= 15 is 0 Å². The molecule has 0 aromatic rings. The molecule has 2 saturated carbocycles. The van der Waals surface area contributed by atoms with Crippen LogP contribution in [0.1, 0.15) is 65.7 Å². The van der Waals surface area contributed by atoms with Crippen LogP contribution in [0.15, 0.2) is 0 Å². The van der Waals surface area contributed by atoms with Crippen molar-refractivity contribution in [2.75, 3.05) is 0 Å². The third-order valence-corrected chi connectivity index (χ3v) is 5.40. The van der Waals surface area contributed by atoms with Gasteiger partial charge in [0.1, 0.15) is 0 Å². The van der Waals surface area contributed by atoms with E-state index in [0.717, 1.165) is 24.7 Å². The number of hydrogen-bond donors (Lipinski definition) is 2. The molecule has 2 fully saturated rings. The Hall–Kier alpha value is -0.570. The molecule has 0 saturated heterocycles. The zero-order chi connectivity index (χ0) is 14.0. The largest absolute Gasteiger partial charge is 0.391 e. The minimum Gasteiger partial charge on any atom is -0.391 e. The van der Waals surface area contributed by atoms with Crippen LogP contribution in [0.3, 0.4) is 0 Å². The highest BCUT2D eigenvalue weighted by Gasteiger charge is 2.37. The van der Waals surface area contributed by atoms with Crippen molar-refractivity contribution < 1.29 is 9.90 Å². The summed E-state index contributed by atoms with van der Waals surface area (Å²) in [6, 6.07) is 0. The molecule has 0 radical (unpaired) electrons. The van der Waals surface area contributed by atoms with E-state index in [1.54, 1.807) is 6.92 Å². The summed E-state index contributed by atoms with van der Waals surface area (Å²) in [5.74, 6) is 1.96. The van der Waals surface area contributed by atoms with Gasteiger partial charge in [-0.15, -0.1) is 0 Å². The fourth-order valence-corrected chi connectivity index (χ4v) is 3.64. The number of carbonyl (C=O) groups is 1. The van der Waals surface area contributed by atoms with Crippen LogP contribution >= 0.6 is 0 Å². The Labute approximate surface area is 117 Å². The quantitative estimate of drug-likeness (QED) is 0.826. The van der Waals surface area contributed by atoms with Gasteiger partial charge >= 0.3 is 0 Å². The van der Waals surface area contributed by atoms with Crippen molar-refractivity contribution in [2.24, 2.45) is 17.8 Å². The number of hydrogen-bond acceptors (Lipinski definition) is 2. The first-order valence-corrected chi connectivity index (χ1v) is 7.90. The van der Waals surface area contributed by atoms with Crippen molar-refractivity contribution >= 4 is 5.91 Å². The van der Waals surface area contributed by atoms with Crippen LogP contribution in [-0.4, -0.2) is 22.7 Å². The number of carbonyl (C=O) groups excluding carboxylic acids is 1. The molecule has 1 amide bonds. The molecule has 2 aliphatic rings. The molecule has 19 heavy (non-hydrogen) atoms. The summed E-state index contributed by atoms with van der Waals surface area (Å²) >= 11 is 0. The monoisotopic (exact) mass is 267 g/mol.